The van der Waals surface area contributed by atoms with Crippen molar-refractivity contribution >= 4 is 38.4 Å². The van der Waals surface area contributed by atoms with Gasteiger partial charge in [0.2, 0.25) is 0 Å². The van der Waals surface area contributed by atoms with E-state index in [0.717, 1.165) is 0 Å². The molecule has 2 aliphatic heterocycles. The van der Waals surface area contributed by atoms with E-state index in [0.29, 0.717) is 37.2 Å². The van der Waals surface area contributed by atoms with Crippen LogP contribution in [0.15, 0.2) is 41.4 Å². The van der Waals surface area contributed by atoms with E-state index >= 15 is 0 Å². The number of nitrogens with two attached hydrogens (primary N) is 1. The van der Waals surface area contributed by atoms with Crippen molar-refractivity contribution in [2.24, 2.45) is 4.99 Å². The molecule has 4 N–H and O–H groups in total. The number of anilines is 1. The molecule has 0 bridgehead atoms. The molecule has 13 nitrogen and oxygen atoms in total. The fraction of sp³-hybridized carbons (Fsp3) is 0.370. The molecule has 0 spiro atoms. The molecular weight excluding hydrogens is 558 g/mol. The first-order valence-corrected chi connectivity index (χ1v) is 14.1. The minimum absolute atomic E-state index is 0.0500. The topological polar surface area (TPSA) is 187 Å². The number of amides is 1. The number of carbonyl (C=O) groups excluding carboxylic acids is 1. The van der Waals surface area contributed by atoms with Crippen molar-refractivity contribution in [3.05, 3.63) is 47.5 Å². The molecule has 0 saturated carbocycles. The average Bonchev–Trinajstić information content (AvgIpc) is 3.25. The SMILES string of the molecule is C=C1C[C@H]2C(S(=O)(=O)O)=Nc3cc(OCCCCCOc4cc(N)c(C(=O)O)cc4OC)c(OC)cc3C(=O)N2C1. The summed E-state index contributed by atoms with van der Waals surface area (Å²) in [7, 11) is -1.87. The van der Waals surface area contributed by atoms with E-state index in [4.69, 9.17) is 24.7 Å². The van der Waals surface area contributed by atoms with Gasteiger partial charge in [0.1, 0.15) is 0 Å². The van der Waals surface area contributed by atoms with Gasteiger partial charge in [-0.3, -0.25) is 9.35 Å². The van der Waals surface area contributed by atoms with Gasteiger partial charge >= 0.3 is 16.1 Å². The first-order chi connectivity index (χ1) is 19.4. The van der Waals surface area contributed by atoms with Crippen LogP contribution in [0.5, 0.6) is 23.0 Å². The number of aromatic carboxylic acids is 1. The lowest BCUT2D eigenvalue weighted by molar-refractivity contribution is 0.0696. The lowest BCUT2D eigenvalue weighted by atomic mass is 10.1. The molecule has 2 aliphatic rings. The van der Waals surface area contributed by atoms with Crippen molar-refractivity contribution in [1.82, 2.24) is 4.90 Å². The summed E-state index contributed by atoms with van der Waals surface area (Å²) < 4.78 is 56.4. The molecule has 2 aromatic rings. The van der Waals surface area contributed by atoms with Crippen LogP contribution in [0.2, 0.25) is 0 Å². The summed E-state index contributed by atoms with van der Waals surface area (Å²) >= 11 is 0. The van der Waals surface area contributed by atoms with Gasteiger partial charge in [-0.05, 0) is 31.7 Å². The van der Waals surface area contributed by atoms with Gasteiger partial charge in [0.15, 0.2) is 28.0 Å². The normalized spacial score (nSPS) is 16.4. The number of methoxy groups -OCH3 is 2. The number of carbonyl (C=O) groups is 2. The fourth-order valence-corrected chi connectivity index (χ4v) is 5.44. The molecule has 1 atom stereocenters. The lowest BCUT2D eigenvalue weighted by Gasteiger charge is -2.22. The number of nitrogen functional groups attached to an aromatic ring is 1. The molecule has 4 rings (SSSR count). The Balaban J connectivity index is 1.39. The number of carboxylic acid groups (broad SMARTS) is 1. The summed E-state index contributed by atoms with van der Waals surface area (Å²) in [6, 6.07) is 4.66. The van der Waals surface area contributed by atoms with Crippen LogP contribution in [-0.2, 0) is 10.1 Å². The van der Waals surface area contributed by atoms with Crippen LogP contribution in [0.25, 0.3) is 0 Å². The van der Waals surface area contributed by atoms with E-state index in [9.17, 15) is 27.7 Å². The summed E-state index contributed by atoms with van der Waals surface area (Å²) in [5.41, 5.74) is 6.61. The third kappa shape index (κ3) is 6.38. The molecule has 220 valence electrons. The maximum absolute atomic E-state index is 13.3. The van der Waals surface area contributed by atoms with Crippen LogP contribution < -0.4 is 24.7 Å². The van der Waals surface area contributed by atoms with Crippen LogP contribution in [0.3, 0.4) is 0 Å². The molecule has 2 heterocycles. The molecule has 1 saturated heterocycles. The summed E-state index contributed by atoms with van der Waals surface area (Å²) in [6.45, 7) is 4.60. The summed E-state index contributed by atoms with van der Waals surface area (Å²) in [4.78, 5) is 30.0. The quantitative estimate of drug-likeness (QED) is 0.151. The zero-order valence-corrected chi connectivity index (χ0v) is 23.4. The first-order valence-electron chi connectivity index (χ1n) is 12.7. The lowest BCUT2D eigenvalue weighted by Crippen LogP contribution is -2.41. The highest BCUT2D eigenvalue weighted by molar-refractivity contribution is 8.01. The zero-order valence-electron chi connectivity index (χ0n) is 22.6. The Morgan fingerprint density at radius 1 is 1.05 bits per heavy atom. The predicted molar refractivity (Wildman–Crippen MR) is 149 cm³/mol. The monoisotopic (exact) mass is 589 g/mol. The summed E-state index contributed by atoms with van der Waals surface area (Å²) in [5, 5.41) is 8.68. The van der Waals surface area contributed by atoms with Crippen molar-refractivity contribution in [1.29, 1.82) is 0 Å². The van der Waals surface area contributed by atoms with E-state index in [1.165, 1.54) is 43.4 Å². The molecule has 0 aliphatic carbocycles. The van der Waals surface area contributed by atoms with Gasteiger partial charge in [-0.25, -0.2) is 9.79 Å². The third-order valence-electron chi connectivity index (χ3n) is 6.68. The number of ether oxygens (including phenoxy) is 4. The third-order valence-corrected chi connectivity index (χ3v) is 7.57. The number of carboxylic acids is 1. The minimum atomic E-state index is -4.69. The summed E-state index contributed by atoms with van der Waals surface area (Å²) in [6.07, 6.45) is 2.16. The van der Waals surface area contributed by atoms with Gasteiger partial charge < -0.3 is 34.7 Å². The van der Waals surface area contributed by atoms with Crippen LogP contribution in [0.4, 0.5) is 11.4 Å². The number of hydrogen-bond acceptors (Lipinski definition) is 10. The van der Waals surface area contributed by atoms with Crippen LogP contribution in [0, 0.1) is 0 Å². The van der Waals surface area contributed by atoms with E-state index in [-0.39, 0.29) is 59.3 Å². The molecule has 2 aromatic carbocycles. The second-order valence-electron chi connectivity index (χ2n) is 9.50. The minimum Gasteiger partial charge on any atom is -0.493 e. The number of hydrogen-bond donors (Lipinski definition) is 3. The predicted octanol–water partition coefficient (Wildman–Crippen LogP) is 3.31. The van der Waals surface area contributed by atoms with Gasteiger partial charge in [0.05, 0.1) is 56.0 Å². The smallest absolute Gasteiger partial charge is 0.337 e. The largest absolute Gasteiger partial charge is 0.493 e. The number of nitrogens with zero attached hydrogens (tertiary/aromatic N) is 2. The van der Waals surface area contributed by atoms with Crippen LogP contribution in [-0.4, -0.2) is 79.9 Å². The van der Waals surface area contributed by atoms with Crippen molar-refractivity contribution in [3.63, 3.8) is 0 Å². The number of unbranched alkanes of at least 4 members (excludes halogenated alkanes) is 2. The highest BCUT2D eigenvalue weighted by atomic mass is 32.2. The van der Waals surface area contributed by atoms with Gasteiger partial charge in [-0.15, -0.1) is 0 Å². The molecule has 0 aromatic heterocycles. The van der Waals surface area contributed by atoms with Gasteiger partial charge in [-0.2, -0.15) is 8.42 Å². The van der Waals surface area contributed by atoms with Crippen molar-refractivity contribution in [2.75, 3.05) is 39.7 Å². The molecule has 1 amide bonds. The second kappa shape index (κ2) is 12.1. The number of fused-ring (bicyclic) bond motifs is 2. The number of aliphatic imine (C=N–C) groups is 1. The van der Waals surface area contributed by atoms with Gasteiger partial charge in [0.25, 0.3) is 5.91 Å². The Morgan fingerprint density at radius 3 is 2.24 bits per heavy atom. The fourth-order valence-electron chi connectivity index (χ4n) is 4.67. The maximum atomic E-state index is 13.3. The van der Waals surface area contributed by atoms with E-state index in [2.05, 4.69) is 11.6 Å². The Labute approximate surface area is 236 Å². The van der Waals surface area contributed by atoms with Gasteiger partial charge in [-0.1, -0.05) is 12.2 Å². The Kier molecular flexibility index (Phi) is 8.73. The highest BCUT2D eigenvalue weighted by Gasteiger charge is 2.42. The molecule has 1 fully saturated rings. The molecule has 14 heteroatoms. The van der Waals surface area contributed by atoms with E-state index < -0.39 is 33.1 Å². The maximum Gasteiger partial charge on any atom is 0.337 e. The Bertz CT molecular complexity index is 1520. The molecule has 0 radical (unpaired) electrons. The van der Waals surface area contributed by atoms with Crippen molar-refractivity contribution in [3.8, 4) is 23.0 Å². The zero-order chi connectivity index (χ0) is 29.9. The first kappa shape index (κ1) is 29.7. The standard InChI is InChI=1S/C27H31N3O10S/c1-15-9-20-25(41(34,35)36)29-19-13-24(22(38-3)11-17(19)26(31)30(20)14-15)40-8-6-4-5-7-39-23-12-18(28)16(27(32)33)10-21(23)37-2/h10-13,20H,1,4-9,14,28H2,2-3H3,(H,32,33)(H,34,35,36)/t20-/m0/s1. The molecule has 0 unspecified atom stereocenters. The second-order valence-corrected chi connectivity index (χ2v) is 10.9. The number of rotatable bonds is 11. The van der Waals surface area contributed by atoms with E-state index in [1.807, 2.05) is 0 Å². The molecular formula is C27H31N3O10S. The van der Waals surface area contributed by atoms with Crippen molar-refractivity contribution < 1.29 is 46.6 Å². The Morgan fingerprint density at radius 2 is 1.66 bits per heavy atom. The van der Waals surface area contributed by atoms with E-state index in [1.54, 1.807) is 0 Å². The van der Waals surface area contributed by atoms with Crippen molar-refractivity contribution in [2.45, 2.75) is 31.7 Å². The molecule has 41 heavy (non-hydrogen) atoms. The Hall–Kier alpha value is -4.30. The average molecular weight is 590 g/mol. The summed E-state index contributed by atoms with van der Waals surface area (Å²) in [5.74, 6) is -0.479. The van der Waals surface area contributed by atoms with Gasteiger partial charge in [0, 0.05) is 24.7 Å². The highest BCUT2D eigenvalue weighted by Crippen LogP contribution is 2.40. The van der Waals surface area contributed by atoms with Crippen LogP contribution >= 0.6 is 0 Å². The number of benzene rings is 2. The van der Waals surface area contributed by atoms with Crippen LogP contribution in [0.1, 0.15) is 46.4 Å².